The minimum absolute atomic E-state index is 0.117. The maximum atomic E-state index is 14.7. The van der Waals surface area contributed by atoms with E-state index < -0.39 is 89.1 Å². The lowest BCUT2D eigenvalue weighted by Crippen LogP contribution is -2.78. The van der Waals surface area contributed by atoms with Gasteiger partial charge in [-0.3, -0.25) is 28.9 Å². The Labute approximate surface area is 285 Å². The van der Waals surface area contributed by atoms with Crippen LogP contribution in [0.3, 0.4) is 0 Å². The summed E-state index contributed by atoms with van der Waals surface area (Å²) in [5.41, 5.74) is 31.2. The number of nitrogens with one attached hydrogen (secondary N) is 1. The number of nitrogens with two attached hydrogens (primary N) is 6. The van der Waals surface area contributed by atoms with Crippen LogP contribution >= 0.6 is 0 Å². The van der Waals surface area contributed by atoms with Gasteiger partial charge in [-0.2, -0.15) is 0 Å². The Hall–Kier alpha value is -4.19. The average molecular weight is 686 g/mol. The molecule has 0 aliphatic heterocycles. The highest BCUT2D eigenvalue weighted by atomic mass is 16.4. The van der Waals surface area contributed by atoms with E-state index in [9.17, 15) is 33.9 Å². The van der Waals surface area contributed by atoms with Gasteiger partial charge in [0.2, 0.25) is 17.4 Å². The fourth-order valence-electron chi connectivity index (χ4n) is 5.94. The second kappa shape index (κ2) is 18.0. The van der Waals surface area contributed by atoms with E-state index in [2.05, 4.69) is 9.97 Å². The van der Waals surface area contributed by atoms with Gasteiger partial charge in [0.1, 0.15) is 0 Å². The minimum atomic E-state index is -3.44. The molecular formula is C33H51N9O7. The summed E-state index contributed by atoms with van der Waals surface area (Å²) < 4.78 is 0. The predicted molar refractivity (Wildman–Crippen MR) is 181 cm³/mol. The quantitative estimate of drug-likeness (QED) is 0.0550. The number of unbranched alkanes of at least 4 members (excludes halogenated alkanes) is 1. The van der Waals surface area contributed by atoms with Gasteiger partial charge in [0.25, 0.3) is 0 Å². The number of benzene rings is 1. The van der Waals surface area contributed by atoms with Gasteiger partial charge in [-0.05, 0) is 44.2 Å². The van der Waals surface area contributed by atoms with E-state index in [1.54, 1.807) is 30.3 Å². The molecule has 0 aliphatic rings. The molecule has 270 valence electrons. The second-order valence-corrected chi connectivity index (χ2v) is 12.8. The molecule has 6 unspecified atom stereocenters. The lowest BCUT2D eigenvalue weighted by molar-refractivity contribution is -0.184. The number of aromatic nitrogens is 2. The van der Waals surface area contributed by atoms with Crippen molar-refractivity contribution in [1.82, 2.24) is 14.9 Å². The zero-order valence-corrected chi connectivity index (χ0v) is 28.3. The molecule has 1 heterocycles. The molecule has 49 heavy (non-hydrogen) atoms. The molecule has 0 saturated heterocycles. The van der Waals surface area contributed by atoms with Gasteiger partial charge >= 0.3 is 5.97 Å². The maximum absolute atomic E-state index is 14.7. The van der Waals surface area contributed by atoms with Crippen LogP contribution in [-0.4, -0.2) is 97.9 Å². The number of amides is 2. The van der Waals surface area contributed by atoms with Crippen LogP contribution in [0, 0.1) is 11.3 Å². The Morgan fingerprint density at radius 1 is 0.898 bits per heavy atom. The van der Waals surface area contributed by atoms with Crippen molar-refractivity contribution in [2.75, 3.05) is 13.1 Å². The van der Waals surface area contributed by atoms with Crippen LogP contribution in [-0.2, 0) is 41.6 Å². The fraction of sp³-hybridized carbons (Fsp3) is 0.545. The number of nitrogens with zero attached hydrogens (tertiary/aromatic N) is 2. The number of hydrogen-bond donors (Lipinski definition) is 8. The molecule has 0 aliphatic carbocycles. The third-order valence-corrected chi connectivity index (χ3v) is 8.87. The van der Waals surface area contributed by atoms with Crippen LogP contribution in [0.5, 0.6) is 0 Å². The number of carbonyl (C=O) groups excluding carboxylic acids is 5. The number of ketones is 3. The van der Waals surface area contributed by atoms with Crippen molar-refractivity contribution >= 4 is 35.1 Å². The summed E-state index contributed by atoms with van der Waals surface area (Å²) in [7, 11) is 0. The van der Waals surface area contributed by atoms with Crippen molar-refractivity contribution < 1.29 is 33.9 Å². The first-order valence-corrected chi connectivity index (χ1v) is 16.2. The number of carboxylic acid groups (broad SMARTS) is 1. The lowest BCUT2D eigenvalue weighted by Gasteiger charge is -2.50. The Morgan fingerprint density at radius 3 is 2.04 bits per heavy atom. The van der Waals surface area contributed by atoms with Crippen molar-refractivity contribution in [3.8, 4) is 0 Å². The van der Waals surface area contributed by atoms with Crippen LogP contribution in [0.15, 0.2) is 42.9 Å². The van der Waals surface area contributed by atoms with Gasteiger partial charge in [0, 0.05) is 19.0 Å². The van der Waals surface area contributed by atoms with Gasteiger partial charge in [-0.15, -0.1) is 0 Å². The first-order chi connectivity index (χ1) is 23.0. The van der Waals surface area contributed by atoms with E-state index in [1.807, 2.05) is 0 Å². The molecule has 2 aromatic rings. The predicted octanol–water partition coefficient (Wildman–Crippen LogP) is -1.47. The largest absolute Gasteiger partial charge is 0.479 e. The van der Waals surface area contributed by atoms with Crippen molar-refractivity contribution in [1.29, 1.82) is 0 Å². The van der Waals surface area contributed by atoms with E-state index in [1.165, 1.54) is 26.4 Å². The lowest BCUT2D eigenvalue weighted by atomic mass is 9.59. The molecule has 14 N–H and O–H groups in total. The smallest absolute Gasteiger partial charge is 0.339 e. The van der Waals surface area contributed by atoms with E-state index in [-0.39, 0.29) is 24.2 Å². The Morgan fingerprint density at radius 2 is 1.53 bits per heavy atom. The SMILES string of the molecule is CC(C)C(N)C(=O)N(C(=O)C(N)Cc1ccccc1)C(C(=O)O)(C(=O)CN)C(C)(CC(=O)C(N)CCCCN)C(=O)C(N)Cc1c[nH]cn1. The summed E-state index contributed by atoms with van der Waals surface area (Å²) in [6, 6.07) is 2.43. The summed E-state index contributed by atoms with van der Waals surface area (Å²) in [6.45, 7) is 3.34. The molecule has 6 atom stereocenters. The van der Waals surface area contributed by atoms with Crippen molar-refractivity contribution in [3.05, 3.63) is 54.1 Å². The summed E-state index contributed by atoms with van der Waals surface area (Å²) in [4.78, 5) is 92.3. The Bertz CT molecular complexity index is 1450. The number of carboxylic acids is 1. The van der Waals surface area contributed by atoms with E-state index in [0.717, 1.165) is 6.92 Å². The highest BCUT2D eigenvalue weighted by molar-refractivity contribution is 6.21. The zero-order valence-electron chi connectivity index (χ0n) is 28.3. The molecular weight excluding hydrogens is 634 g/mol. The van der Waals surface area contributed by atoms with Gasteiger partial charge in [-0.25, -0.2) is 9.78 Å². The van der Waals surface area contributed by atoms with Crippen molar-refractivity contribution in [3.63, 3.8) is 0 Å². The molecule has 0 spiro atoms. The molecule has 1 aromatic heterocycles. The molecule has 0 fully saturated rings. The third kappa shape index (κ3) is 9.09. The van der Waals surface area contributed by atoms with Crippen LogP contribution < -0.4 is 34.4 Å². The molecule has 0 bridgehead atoms. The molecule has 0 radical (unpaired) electrons. The van der Waals surface area contributed by atoms with Crippen LogP contribution in [0.1, 0.15) is 57.7 Å². The summed E-state index contributed by atoms with van der Waals surface area (Å²) >= 11 is 0. The topological polar surface area (TPSA) is 311 Å². The zero-order chi connectivity index (χ0) is 37.1. The first kappa shape index (κ1) is 41.0. The number of aliphatic carboxylic acids is 1. The molecule has 16 nitrogen and oxygen atoms in total. The monoisotopic (exact) mass is 685 g/mol. The van der Waals surface area contributed by atoms with Crippen LogP contribution in [0.2, 0.25) is 0 Å². The number of H-pyrrole nitrogens is 1. The van der Waals surface area contributed by atoms with E-state index >= 15 is 0 Å². The summed E-state index contributed by atoms with van der Waals surface area (Å²) in [5.74, 6) is -8.83. The molecule has 16 heteroatoms. The number of imide groups is 1. The van der Waals surface area contributed by atoms with Crippen LogP contribution in [0.25, 0.3) is 0 Å². The fourth-order valence-corrected chi connectivity index (χ4v) is 5.94. The van der Waals surface area contributed by atoms with Gasteiger partial charge in [0.15, 0.2) is 17.3 Å². The maximum Gasteiger partial charge on any atom is 0.339 e. The average Bonchev–Trinajstić information content (AvgIpc) is 3.58. The molecule has 2 amide bonds. The number of rotatable bonds is 21. The number of aromatic amines is 1. The van der Waals surface area contributed by atoms with Crippen LogP contribution in [0.4, 0.5) is 0 Å². The number of carbonyl (C=O) groups is 6. The summed E-state index contributed by atoms with van der Waals surface area (Å²) in [5, 5.41) is 11.2. The number of imidazole rings is 1. The highest BCUT2D eigenvalue weighted by Gasteiger charge is 2.70. The second-order valence-electron chi connectivity index (χ2n) is 12.8. The third-order valence-electron chi connectivity index (χ3n) is 8.87. The van der Waals surface area contributed by atoms with E-state index in [0.29, 0.717) is 30.6 Å². The first-order valence-electron chi connectivity index (χ1n) is 16.2. The number of hydrogen-bond acceptors (Lipinski definition) is 13. The van der Waals surface area contributed by atoms with Crippen molar-refractivity contribution in [2.24, 2.45) is 45.7 Å². The standard InChI is InChI=1S/C33H51N9O7/c1-19(2)27(39)30(47)42(29(46)24(38)13-20-9-5-4-6-10-20)33(31(48)49,26(44)16-35)32(3,15-25(43)22(36)11-7-8-12-34)28(45)23(37)14-21-17-40-18-41-21/h4-6,9-10,17-19,22-24,27H,7-8,11-16,34-39H2,1-3H3,(H,40,41)(H,48,49). The Kier molecular flexibility index (Phi) is 15.0. The molecule has 1 aromatic carbocycles. The normalized spacial score (nSPS) is 16.4. The molecule has 2 rings (SSSR count). The van der Waals surface area contributed by atoms with Gasteiger partial charge in [-0.1, -0.05) is 50.6 Å². The van der Waals surface area contributed by atoms with Gasteiger partial charge < -0.3 is 44.5 Å². The highest BCUT2D eigenvalue weighted by Crippen LogP contribution is 2.44. The molecule has 0 saturated carbocycles. The van der Waals surface area contributed by atoms with Crippen molar-refractivity contribution in [2.45, 2.75) is 89.0 Å². The Balaban J connectivity index is 2.97. The minimum Gasteiger partial charge on any atom is -0.479 e. The summed E-state index contributed by atoms with van der Waals surface area (Å²) in [6.07, 6.45) is 2.38. The van der Waals surface area contributed by atoms with Gasteiger partial charge in [0.05, 0.1) is 48.1 Å². The number of Topliss-reactive ketones (excluding diaryl/α,β-unsaturated/α-hetero) is 3. The van der Waals surface area contributed by atoms with E-state index in [4.69, 9.17) is 34.4 Å².